The molecule has 0 spiro atoms. The molecular formula is C12H13F3N2O3. The predicted molar refractivity (Wildman–Crippen MR) is 65.1 cm³/mol. The number of hydrogen-bond acceptors (Lipinski definition) is 3. The number of para-hydroxylation sites is 1. The van der Waals surface area contributed by atoms with Crippen LogP contribution in [0.25, 0.3) is 0 Å². The minimum atomic E-state index is -4.58. The van der Waals surface area contributed by atoms with E-state index in [1.807, 2.05) is 0 Å². The highest BCUT2D eigenvalue weighted by Gasteiger charge is 2.33. The van der Waals surface area contributed by atoms with Gasteiger partial charge in [0.15, 0.2) is 0 Å². The fourth-order valence-electron chi connectivity index (χ4n) is 1.38. The number of ether oxygens (including phenoxy) is 1. The molecule has 0 saturated heterocycles. The van der Waals surface area contributed by atoms with Gasteiger partial charge in [0.1, 0.15) is 6.54 Å². The summed E-state index contributed by atoms with van der Waals surface area (Å²) in [4.78, 5) is 23.6. The third-order valence-corrected chi connectivity index (χ3v) is 2.41. The zero-order valence-corrected chi connectivity index (χ0v) is 10.8. The van der Waals surface area contributed by atoms with Crippen molar-refractivity contribution >= 4 is 17.7 Å². The number of hydrogen-bond donors (Lipinski definition) is 1. The summed E-state index contributed by atoms with van der Waals surface area (Å²) in [7, 11) is 2.41. The van der Waals surface area contributed by atoms with E-state index >= 15 is 0 Å². The third-order valence-electron chi connectivity index (χ3n) is 2.41. The van der Waals surface area contributed by atoms with Crippen LogP contribution in [0.1, 0.15) is 5.56 Å². The molecule has 1 N–H and O–H groups in total. The molecule has 20 heavy (non-hydrogen) atoms. The van der Waals surface area contributed by atoms with E-state index in [0.29, 0.717) is 0 Å². The number of urea groups is 1. The standard InChI is InChI=1S/C12H13F3N2O3/c1-17(7-10(18)20-2)11(19)16-9-6-4-3-5-8(9)12(13,14)15/h3-6H,7H2,1-2H3,(H,16,19). The predicted octanol–water partition coefficient (Wildman–Crippen LogP) is 2.34. The first-order valence-corrected chi connectivity index (χ1v) is 5.51. The van der Waals surface area contributed by atoms with Gasteiger partial charge >= 0.3 is 18.2 Å². The molecule has 1 aromatic rings. The molecule has 0 aliphatic rings. The molecule has 0 radical (unpaired) electrons. The van der Waals surface area contributed by atoms with Gasteiger partial charge in [-0.05, 0) is 12.1 Å². The number of benzene rings is 1. The average Bonchev–Trinajstić information content (AvgIpc) is 2.37. The first kappa shape index (κ1) is 15.8. The number of amides is 2. The number of nitrogens with one attached hydrogen (secondary N) is 1. The molecule has 1 rings (SSSR count). The fourth-order valence-corrected chi connectivity index (χ4v) is 1.38. The van der Waals surface area contributed by atoms with E-state index in [4.69, 9.17) is 0 Å². The minimum Gasteiger partial charge on any atom is -0.468 e. The second kappa shape index (κ2) is 6.27. The minimum absolute atomic E-state index is 0.365. The molecule has 0 aromatic heterocycles. The summed E-state index contributed by atoms with van der Waals surface area (Å²) in [5.74, 6) is -0.674. The van der Waals surface area contributed by atoms with Crippen LogP contribution in [0, 0.1) is 0 Å². The molecule has 0 saturated carbocycles. The molecule has 110 valence electrons. The van der Waals surface area contributed by atoms with E-state index in [2.05, 4.69) is 10.1 Å². The van der Waals surface area contributed by atoms with Crippen LogP contribution in [-0.4, -0.2) is 37.6 Å². The Bertz CT molecular complexity index is 503. The Morgan fingerprint density at radius 2 is 1.90 bits per heavy atom. The maximum absolute atomic E-state index is 12.7. The Labute approximate surface area is 113 Å². The van der Waals surface area contributed by atoms with Crippen LogP contribution in [0.15, 0.2) is 24.3 Å². The van der Waals surface area contributed by atoms with Gasteiger partial charge in [-0.3, -0.25) is 4.79 Å². The number of carbonyl (C=O) groups is 2. The maximum Gasteiger partial charge on any atom is 0.418 e. The molecule has 0 bridgehead atoms. The quantitative estimate of drug-likeness (QED) is 0.869. The number of carbonyl (C=O) groups excluding carboxylic acids is 2. The van der Waals surface area contributed by atoms with E-state index < -0.39 is 23.7 Å². The summed E-state index contributed by atoms with van der Waals surface area (Å²) in [5, 5.41) is 2.11. The lowest BCUT2D eigenvalue weighted by atomic mass is 10.1. The Hall–Kier alpha value is -2.25. The number of anilines is 1. The highest BCUT2D eigenvalue weighted by atomic mass is 19.4. The van der Waals surface area contributed by atoms with Crippen LogP contribution < -0.4 is 5.32 Å². The second-order valence-electron chi connectivity index (χ2n) is 3.91. The molecule has 0 aliphatic heterocycles. The Morgan fingerprint density at radius 1 is 1.30 bits per heavy atom. The van der Waals surface area contributed by atoms with Gasteiger partial charge in [-0.1, -0.05) is 12.1 Å². The Kier molecular flexibility index (Phi) is 4.95. The van der Waals surface area contributed by atoms with Crippen molar-refractivity contribution in [1.82, 2.24) is 4.90 Å². The van der Waals surface area contributed by atoms with Crippen molar-refractivity contribution < 1.29 is 27.5 Å². The molecule has 0 atom stereocenters. The number of methoxy groups -OCH3 is 1. The summed E-state index contributed by atoms with van der Waals surface area (Å²) in [6, 6.07) is 3.73. The van der Waals surface area contributed by atoms with Crippen molar-refractivity contribution in [3.63, 3.8) is 0 Å². The van der Waals surface area contributed by atoms with Crippen molar-refractivity contribution in [3.8, 4) is 0 Å². The first-order chi connectivity index (χ1) is 9.25. The summed E-state index contributed by atoms with van der Waals surface area (Å²) >= 11 is 0. The lowest BCUT2D eigenvalue weighted by Crippen LogP contribution is -2.36. The molecule has 1 aromatic carbocycles. The van der Waals surface area contributed by atoms with Gasteiger partial charge in [0.2, 0.25) is 0 Å². The summed E-state index contributed by atoms with van der Waals surface area (Å²) in [5.41, 5.74) is -1.33. The summed E-state index contributed by atoms with van der Waals surface area (Å²) in [6.07, 6.45) is -4.58. The number of likely N-dealkylation sites (N-methyl/N-ethyl adjacent to an activating group) is 1. The first-order valence-electron chi connectivity index (χ1n) is 5.51. The Balaban J connectivity index is 2.84. The number of rotatable bonds is 3. The van der Waals surface area contributed by atoms with Gasteiger partial charge < -0.3 is 15.0 Å². The summed E-state index contributed by atoms with van der Waals surface area (Å²) in [6.45, 7) is -0.365. The van der Waals surface area contributed by atoms with Crippen LogP contribution in [0.2, 0.25) is 0 Å². The zero-order valence-electron chi connectivity index (χ0n) is 10.8. The molecule has 0 unspecified atom stereocenters. The lowest BCUT2D eigenvalue weighted by Gasteiger charge is -2.18. The van der Waals surface area contributed by atoms with E-state index in [9.17, 15) is 22.8 Å². The number of halogens is 3. The second-order valence-corrected chi connectivity index (χ2v) is 3.91. The maximum atomic E-state index is 12.7. The van der Waals surface area contributed by atoms with E-state index in [1.165, 1.54) is 19.2 Å². The lowest BCUT2D eigenvalue weighted by molar-refractivity contribution is -0.141. The van der Waals surface area contributed by atoms with Crippen LogP contribution >= 0.6 is 0 Å². The normalized spacial score (nSPS) is 10.8. The van der Waals surface area contributed by atoms with Crippen molar-refractivity contribution in [1.29, 1.82) is 0 Å². The topological polar surface area (TPSA) is 58.6 Å². The molecule has 2 amide bonds. The largest absolute Gasteiger partial charge is 0.468 e. The molecule has 5 nitrogen and oxygen atoms in total. The number of alkyl halides is 3. The van der Waals surface area contributed by atoms with Gasteiger partial charge in [-0.25, -0.2) is 4.79 Å². The highest BCUT2D eigenvalue weighted by Crippen LogP contribution is 2.34. The monoisotopic (exact) mass is 290 g/mol. The molecule has 0 heterocycles. The smallest absolute Gasteiger partial charge is 0.418 e. The van der Waals surface area contributed by atoms with Crippen molar-refractivity contribution in [2.24, 2.45) is 0 Å². The fraction of sp³-hybridized carbons (Fsp3) is 0.333. The van der Waals surface area contributed by atoms with E-state index in [-0.39, 0.29) is 12.2 Å². The van der Waals surface area contributed by atoms with E-state index in [1.54, 1.807) is 0 Å². The van der Waals surface area contributed by atoms with Gasteiger partial charge in [0.05, 0.1) is 18.4 Å². The van der Waals surface area contributed by atoms with Crippen LogP contribution in [0.4, 0.5) is 23.7 Å². The Morgan fingerprint density at radius 3 is 2.45 bits per heavy atom. The van der Waals surface area contributed by atoms with Crippen LogP contribution in [-0.2, 0) is 15.7 Å². The molecule has 8 heteroatoms. The molecule has 0 fully saturated rings. The van der Waals surface area contributed by atoms with Gasteiger partial charge in [0, 0.05) is 7.05 Å². The zero-order chi connectivity index (χ0) is 15.3. The van der Waals surface area contributed by atoms with Gasteiger partial charge in [0.25, 0.3) is 0 Å². The number of nitrogens with zero attached hydrogens (tertiary/aromatic N) is 1. The highest BCUT2D eigenvalue weighted by molar-refractivity contribution is 5.92. The molecule has 0 aliphatic carbocycles. The molecular weight excluding hydrogens is 277 g/mol. The van der Waals surface area contributed by atoms with Crippen molar-refractivity contribution in [3.05, 3.63) is 29.8 Å². The average molecular weight is 290 g/mol. The van der Waals surface area contributed by atoms with Crippen molar-refractivity contribution in [2.75, 3.05) is 26.0 Å². The third kappa shape index (κ3) is 4.15. The SMILES string of the molecule is COC(=O)CN(C)C(=O)Nc1ccccc1C(F)(F)F. The number of esters is 1. The van der Waals surface area contributed by atoms with Gasteiger partial charge in [-0.15, -0.1) is 0 Å². The van der Waals surface area contributed by atoms with Crippen LogP contribution in [0.5, 0.6) is 0 Å². The van der Waals surface area contributed by atoms with Crippen LogP contribution in [0.3, 0.4) is 0 Å². The van der Waals surface area contributed by atoms with Gasteiger partial charge in [-0.2, -0.15) is 13.2 Å². The summed E-state index contributed by atoms with van der Waals surface area (Å²) < 4.78 is 42.5. The van der Waals surface area contributed by atoms with E-state index in [0.717, 1.165) is 24.1 Å². The van der Waals surface area contributed by atoms with Crippen molar-refractivity contribution in [2.45, 2.75) is 6.18 Å².